The van der Waals surface area contributed by atoms with Crippen LogP contribution in [0.5, 0.6) is 0 Å². The molecule has 0 spiro atoms. The number of rotatable bonds is 5. The summed E-state index contributed by atoms with van der Waals surface area (Å²) in [5.74, 6) is 0. The van der Waals surface area contributed by atoms with Gasteiger partial charge in [-0.25, -0.2) is 4.79 Å². The first-order chi connectivity index (χ1) is 10.1. The molecule has 112 valence electrons. The minimum atomic E-state index is -0.145. The summed E-state index contributed by atoms with van der Waals surface area (Å²) < 4.78 is 1.83. The molecule has 0 aliphatic rings. The predicted molar refractivity (Wildman–Crippen MR) is 83.1 cm³/mol. The van der Waals surface area contributed by atoms with Gasteiger partial charge < -0.3 is 10.6 Å². The zero-order chi connectivity index (χ0) is 15.2. The molecule has 5 heteroatoms. The highest BCUT2D eigenvalue weighted by Crippen LogP contribution is 2.10. The van der Waals surface area contributed by atoms with Gasteiger partial charge in [0, 0.05) is 31.4 Å². The molecule has 1 heterocycles. The van der Waals surface area contributed by atoms with Crippen molar-refractivity contribution >= 4 is 6.03 Å². The molecule has 1 aromatic carbocycles. The Morgan fingerprint density at radius 2 is 1.90 bits per heavy atom. The zero-order valence-electron chi connectivity index (χ0n) is 12.8. The Morgan fingerprint density at radius 3 is 2.52 bits per heavy atom. The highest BCUT2D eigenvalue weighted by Gasteiger charge is 2.10. The summed E-state index contributed by atoms with van der Waals surface area (Å²) in [6, 6.07) is 9.97. The molecule has 0 aliphatic heterocycles. The number of hydrogen-bond donors (Lipinski definition) is 2. The third kappa shape index (κ3) is 4.08. The van der Waals surface area contributed by atoms with Crippen LogP contribution in [-0.4, -0.2) is 22.4 Å². The van der Waals surface area contributed by atoms with Crippen LogP contribution in [0.2, 0.25) is 0 Å². The maximum atomic E-state index is 11.8. The van der Waals surface area contributed by atoms with Crippen molar-refractivity contribution in [1.29, 1.82) is 0 Å². The van der Waals surface area contributed by atoms with E-state index in [4.69, 9.17) is 0 Å². The Morgan fingerprint density at radius 1 is 1.19 bits per heavy atom. The lowest BCUT2D eigenvalue weighted by Crippen LogP contribution is -2.36. The van der Waals surface area contributed by atoms with Crippen LogP contribution in [0.1, 0.15) is 22.5 Å². The summed E-state index contributed by atoms with van der Waals surface area (Å²) >= 11 is 0. The van der Waals surface area contributed by atoms with E-state index in [1.807, 2.05) is 43.8 Å². The van der Waals surface area contributed by atoms with Gasteiger partial charge in [-0.2, -0.15) is 5.10 Å². The summed E-state index contributed by atoms with van der Waals surface area (Å²) in [5, 5.41) is 10.1. The second kappa shape index (κ2) is 6.92. The number of carbonyl (C=O) groups excluding carboxylic acids is 1. The van der Waals surface area contributed by atoms with Crippen LogP contribution >= 0.6 is 0 Å². The van der Waals surface area contributed by atoms with Crippen molar-refractivity contribution in [2.75, 3.05) is 6.54 Å². The topological polar surface area (TPSA) is 59.0 Å². The minimum absolute atomic E-state index is 0.145. The van der Waals surface area contributed by atoms with Gasteiger partial charge in [-0.15, -0.1) is 0 Å². The van der Waals surface area contributed by atoms with E-state index in [9.17, 15) is 4.79 Å². The summed E-state index contributed by atoms with van der Waals surface area (Å²) in [6.45, 7) is 5.09. The molecule has 0 radical (unpaired) electrons. The lowest BCUT2D eigenvalue weighted by Gasteiger charge is -2.08. The van der Waals surface area contributed by atoms with E-state index < -0.39 is 0 Å². The number of benzene rings is 1. The average Bonchev–Trinajstić information content (AvgIpc) is 2.71. The van der Waals surface area contributed by atoms with Crippen molar-refractivity contribution in [3.05, 3.63) is 52.8 Å². The summed E-state index contributed by atoms with van der Waals surface area (Å²) in [4.78, 5) is 11.8. The number of nitrogens with zero attached hydrogens (tertiary/aromatic N) is 2. The lowest BCUT2D eigenvalue weighted by molar-refractivity contribution is 0.240. The number of aromatic nitrogens is 2. The van der Waals surface area contributed by atoms with Gasteiger partial charge in [-0.05, 0) is 25.8 Å². The molecule has 1 aromatic heterocycles. The molecule has 0 unspecified atom stereocenters. The van der Waals surface area contributed by atoms with Crippen molar-refractivity contribution in [1.82, 2.24) is 20.4 Å². The molecule has 0 atom stereocenters. The fourth-order valence-corrected chi connectivity index (χ4v) is 2.27. The number of aryl methyl sites for hydroxylation is 2. The number of nitrogens with one attached hydrogen (secondary N) is 2. The Bertz CT molecular complexity index is 604. The first-order valence-corrected chi connectivity index (χ1v) is 7.12. The van der Waals surface area contributed by atoms with Gasteiger partial charge in [0.15, 0.2) is 0 Å². The van der Waals surface area contributed by atoms with Crippen LogP contribution in [0.15, 0.2) is 30.3 Å². The van der Waals surface area contributed by atoms with Gasteiger partial charge in [0.25, 0.3) is 0 Å². The van der Waals surface area contributed by atoms with E-state index in [0.717, 1.165) is 23.4 Å². The van der Waals surface area contributed by atoms with E-state index in [1.54, 1.807) is 0 Å². The Balaban J connectivity index is 1.75. The first kappa shape index (κ1) is 15.1. The van der Waals surface area contributed by atoms with Crippen LogP contribution in [0, 0.1) is 13.8 Å². The molecule has 2 aromatic rings. The zero-order valence-corrected chi connectivity index (χ0v) is 12.8. The molecule has 0 saturated carbocycles. The van der Waals surface area contributed by atoms with E-state index in [-0.39, 0.29) is 6.03 Å². The van der Waals surface area contributed by atoms with Crippen LogP contribution in [0.4, 0.5) is 4.79 Å². The second-order valence-electron chi connectivity index (χ2n) is 5.12. The fraction of sp³-hybridized carbons (Fsp3) is 0.375. The molecule has 2 rings (SSSR count). The highest BCUT2D eigenvalue weighted by molar-refractivity contribution is 5.73. The Kier molecular flexibility index (Phi) is 4.98. The quantitative estimate of drug-likeness (QED) is 0.884. The molecule has 0 aliphatic carbocycles. The average molecular weight is 286 g/mol. The van der Waals surface area contributed by atoms with E-state index >= 15 is 0 Å². The third-order valence-electron chi connectivity index (χ3n) is 3.63. The molecule has 0 fully saturated rings. The Labute approximate surface area is 125 Å². The van der Waals surface area contributed by atoms with Gasteiger partial charge >= 0.3 is 6.03 Å². The molecule has 5 nitrogen and oxygen atoms in total. The van der Waals surface area contributed by atoms with Crippen molar-refractivity contribution in [3.63, 3.8) is 0 Å². The largest absolute Gasteiger partial charge is 0.338 e. The summed E-state index contributed by atoms with van der Waals surface area (Å²) in [7, 11) is 1.91. The Hall–Kier alpha value is -2.30. The van der Waals surface area contributed by atoms with Crippen LogP contribution < -0.4 is 10.6 Å². The fourth-order valence-electron chi connectivity index (χ4n) is 2.27. The summed E-state index contributed by atoms with van der Waals surface area (Å²) in [6.07, 6.45) is 0.833. The highest BCUT2D eigenvalue weighted by atomic mass is 16.2. The SMILES string of the molecule is Cc1nn(C)c(C)c1CNC(=O)NCCc1ccccc1. The second-order valence-corrected chi connectivity index (χ2v) is 5.12. The van der Waals surface area contributed by atoms with Crippen LogP contribution in [0.3, 0.4) is 0 Å². The van der Waals surface area contributed by atoms with Crippen molar-refractivity contribution in [3.8, 4) is 0 Å². The molecular formula is C16H22N4O. The monoisotopic (exact) mass is 286 g/mol. The number of hydrogen-bond acceptors (Lipinski definition) is 2. The van der Waals surface area contributed by atoms with Gasteiger partial charge in [-0.3, -0.25) is 4.68 Å². The van der Waals surface area contributed by atoms with Crippen molar-refractivity contribution < 1.29 is 4.79 Å². The van der Waals surface area contributed by atoms with Gasteiger partial charge in [-0.1, -0.05) is 30.3 Å². The van der Waals surface area contributed by atoms with Gasteiger partial charge in [0.1, 0.15) is 0 Å². The van der Waals surface area contributed by atoms with Crippen LogP contribution in [-0.2, 0) is 20.0 Å². The summed E-state index contributed by atoms with van der Waals surface area (Å²) in [5.41, 5.74) is 4.34. The van der Waals surface area contributed by atoms with Crippen molar-refractivity contribution in [2.24, 2.45) is 7.05 Å². The van der Waals surface area contributed by atoms with E-state index in [0.29, 0.717) is 13.1 Å². The number of urea groups is 1. The predicted octanol–water partition coefficient (Wildman–Crippen LogP) is 2.08. The van der Waals surface area contributed by atoms with E-state index in [2.05, 4.69) is 27.9 Å². The number of amides is 2. The molecule has 0 bridgehead atoms. The molecular weight excluding hydrogens is 264 g/mol. The molecule has 0 saturated heterocycles. The lowest BCUT2D eigenvalue weighted by atomic mass is 10.1. The molecule has 2 N–H and O–H groups in total. The van der Waals surface area contributed by atoms with E-state index in [1.165, 1.54) is 5.56 Å². The number of carbonyl (C=O) groups is 1. The third-order valence-corrected chi connectivity index (χ3v) is 3.63. The maximum Gasteiger partial charge on any atom is 0.315 e. The van der Waals surface area contributed by atoms with Crippen LogP contribution in [0.25, 0.3) is 0 Å². The molecule has 21 heavy (non-hydrogen) atoms. The van der Waals surface area contributed by atoms with Gasteiger partial charge in [0.05, 0.1) is 5.69 Å². The normalized spacial score (nSPS) is 10.4. The minimum Gasteiger partial charge on any atom is -0.338 e. The van der Waals surface area contributed by atoms with Crippen molar-refractivity contribution in [2.45, 2.75) is 26.8 Å². The van der Waals surface area contributed by atoms with Gasteiger partial charge in [0.2, 0.25) is 0 Å². The maximum absolute atomic E-state index is 11.8. The standard InChI is InChI=1S/C16H22N4O/c1-12-15(13(2)20(3)19-12)11-18-16(21)17-10-9-14-7-5-4-6-8-14/h4-8H,9-11H2,1-3H3,(H2,17,18,21). The molecule has 2 amide bonds. The first-order valence-electron chi connectivity index (χ1n) is 7.12. The smallest absolute Gasteiger partial charge is 0.315 e.